The van der Waals surface area contributed by atoms with Crippen LogP contribution in [-0.4, -0.2) is 35.7 Å². The minimum Gasteiger partial charge on any atom is -0.364 e. The summed E-state index contributed by atoms with van der Waals surface area (Å²) in [6, 6.07) is 2.54. The van der Waals surface area contributed by atoms with Gasteiger partial charge in [0.05, 0.1) is 5.69 Å². The highest BCUT2D eigenvalue weighted by atomic mass is 16.5. The highest BCUT2D eigenvalue weighted by Crippen LogP contribution is 2.11. The Labute approximate surface area is 97.0 Å². The van der Waals surface area contributed by atoms with Gasteiger partial charge in [0.15, 0.2) is 0 Å². The maximum absolute atomic E-state index is 4.87. The molecule has 0 bridgehead atoms. The smallest absolute Gasteiger partial charge is 0.124 e. The van der Waals surface area contributed by atoms with Crippen LogP contribution in [-0.2, 0) is 6.54 Å². The van der Waals surface area contributed by atoms with Gasteiger partial charge in [-0.05, 0) is 25.4 Å². The van der Waals surface area contributed by atoms with E-state index in [2.05, 4.69) is 29.2 Å². The van der Waals surface area contributed by atoms with Crippen molar-refractivity contribution in [3.63, 3.8) is 0 Å². The van der Waals surface area contributed by atoms with Gasteiger partial charge in [-0.15, -0.1) is 0 Å². The summed E-state index contributed by atoms with van der Waals surface area (Å²) >= 11 is 0. The van der Waals surface area contributed by atoms with E-state index in [4.69, 9.17) is 4.52 Å². The van der Waals surface area contributed by atoms with Crippen LogP contribution in [0.1, 0.15) is 26.0 Å². The Morgan fingerprint density at radius 3 is 3.19 bits per heavy atom. The summed E-state index contributed by atoms with van der Waals surface area (Å²) in [4.78, 5) is 2.46. The zero-order chi connectivity index (χ0) is 11.4. The van der Waals surface area contributed by atoms with E-state index in [-0.39, 0.29) is 0 Å². The molecule has 0 aliphatic carbocycles. The predicted molar refractivity (Wildman–Crippen MR) is 63.0 cm³/mol. The molecule has 1 unspecified atom stereocenters. The zero-order valence-corrected chi connectivity index (χ0v) is 10.1. The Morgan fingerprint density at radius 1 is 1.62 bits per heavy atom. The first kappa shape index (κ1) is 11.6. The molecule has 2 heterocycles. The van der Waals surface area contributed by atoms with Gasteiger partial charge in [0.25, 0.3) is 0 Å². The lowest BCUT2D eigenvalue weighted by molar-refractivity contribution is 0.232. The normalized spacial score (nSPS) is 23.6. The maximum Gasteiger partial charge on any atom is 0.124 e. The molecule has 16 heavy (non-hydrogen) atoms. The number of hydrogen-bond acceptors (Lipinski definition) is 4. The molecular formula is C12H21N3O. The Balaban J connectivity index is 1.92. The summed E-state index contributed by atoms with van der Waals surface area (Å²) < 4.78 is 4.87. The minimum absolute atomic E-state index is 0.592. The van der Waals surface area contributed by atoms with E-state index in [0.717, 1.165) is 31.9 Å². The van der Waals surface area contributed by atoms with Crippen molar-refractivity contribution in [2.24, 2.45) is 5.92 Å². The van der Waals surface area contributed by atoms with Crippen molar-refractivity contribution in [3.8, 4) is 0 Å². The van der Waals surface area contributed by atoms with E-state index >= 15 is 0 Å². The van der Waals surface area contributed by atoms with Gasteiger partial charge in [0.2, 0.25) is 0 Å². The monoisotopic (exact) mass is 223 g/mol. The standard InChI is InChI=1S/C12H21N3O/c1-10(2)12-9-15(6-3-5-13-12)8-11-4-7-16-14-11/h4,7,10,12-13H,3,5-6,8-9H2,1-2H3. The highest BCUT2D eigenvalue weighted by Gasteiger charge is 2.20. The predicted octanol–water partition coefficient (Wildman–Crippen LogP) is 1.49. The van der Waals surface area contributed by atoms with Gasteiger partial charge in [0, 0.05) is 25.2 Å². The topological polar surface area (TPSA) is 41.3 Å². The van der Waals surface area contributed by atoms with Gasteiger partial charge < -0.3 is 9.84 Å². The van der Waals surface area contributed by atoms with Crippen LogP contribution in [0.2, 0.25) is 0 Å². The molecule has 4 heteroatoms. The van der Waals surface area contributed by atoms with Crippen molar-refractivity contribution in [2.75, 3.05) is 19.6 Å². The van der Waals surface area contributed by atoms with Crippen molar-refractivity contribution < 1.29 is 4.52 Å². The number of hydrogen-bond donors (Lipinski definition) is 1. The van der Waals surface area contributed by atoms with Gasteiger partial charge in [-0.1, -0.05) is 19.0 Å². The SMILES string of the molecule is CC(C)C1CN(Cc2ccon2)CCCN1. The molecule has 1 aromatic rings. The second kappa shape index (κ2) is 5.46. The van der Waals surface area contributed by atoms with E-state index < -0.39 is 0 Å². The lowest BCUT2D eigenvalue weighted by atomic mass is 10.0. The van der Waals surface area contributed by atoms with Gasteiger partial charge in [-0.3, -0.25) is 4.90 Å². The number of rotatable bonds is 3. The summed E-state index contributed by atoms with van der Waals surface area (Å²) in [7, 11) is 0. The molecule has 90 valence electrons. The average Bonchev–Trinajstić information content (AvgIpc) is 2.62. The Bertz CT molecular complexity index is 297. The molecule has 2 rings (SSSR count). The Kier molecular flexibility index (Phi) is 3.96. The molecule has 0 radical (unpaired) electrons. The number of nitrogens with zero attached hydrogens (tertiary/aromatic N) is 2. The molecule has 1 aromatic heterocycles. The van der Waals surface area contributed by atoms with Gasteiger partial charge in [0.1, 0.15) is 6.26 Å². The Morgan fingerprint density at radius 2 is 2.50 bits per heavy atom. The van der Waals surface area contributed by atoms with E-state index in [9.17, 15) is 0 Å². The molecular weight excluding hydrogens is 202 g/mol. The molecule has 1 N–H and O–H groups in total. The van der Waals surface area contributed by atoms with Crippen LogP contribution < -0.4 is 5.32 Å². The van der Waals surface area contributed by atoms with Gasteiger partial charge >= 0.3 is 0 Å². The van der Waals surface area contributed by atoms with E-state index in [0.29, 0.717) is 12.0 Å². The molecule has 1 aliphatic rings. The van der Waals surface area contributed by atoms with Gasteiger partial charge in [-0.25, -0.2) is 0 Å². The quantitative estimate of drug-likeness (QED) is 0.843. The van der Waals surface area contributed by atoms with E-state index in [1.807, 2.05) is 6.07 Å². The van der Waals surface area contributed by atoms with E-state index in [1.165, 1.54) is 6.42 Å². The van der Waals surface area contributed by atoms with Crippen molar-refractivity contribution in [1.82, 2.24) is 15.4 Å². The highest BCUT2D eigenvalue weighted by molar-refractivity contribution is 4.95. The van der Waals surface area contributed by atoms with Crippen LogP contribution in [0.3, 0.4) is 0 Å². The Hall–Kier alpha value is -0.870. The van der Waals surface area contributed by atoms with E-state index in [1.54, 1.807) is 6.26 Å². The largest absolute Gasteiger partial charge is 0.364 e. The minimum atomic E-state index is 0.592. The van der Waals surface area contributed by atoms with Crippen molar-refractivity contribution >= 4 is 0 Å². The third-order valence-corrected chi connectivity index (χ3v) is 3.19. The summed E-state index contributed by atoms with van der Waals surface area (Å²) in [5, 5.41) is 7.58. The van der Waals surface area contributed by atoms with Crippen LogP contribution in [0, 0.1) is 5.92 Å². The zero-order valence-electron chi connectivity index (χ0n) is 10.1. The second-order valence-electron chi connectivity index (χ2n) is 4.88. The molecule has 4 nitrogen and oxygen atoms in total. The molecule has 0 aromatic carbocycles. The molecule has 0 saturated carbocycles. The maximum atomic E-state index is 4.87. The molecule has 1 saturated heterocycles. The van der Waals surface area contributed by atoms with Gasteiger partial charge in [-0.2, -0.15) is 0 Å². The van der Waals surface area contributed by atoms with Crippen LogP contribution in [0.5, 0.6) is 0 Å². The molecule has 1 aliphatic heterocycles. The second-order valence-corrected chi connectivity index (χ2v) is 4.88. The number of aromatic nitrogens is 1. The fourth-order valence-corrected chi connectivity index (χ4v) is 2.16. The fourth-order valence-electron chi connectivity index (χ4n) is 2.16. The summed E-state index contributed by atoms with van der Waals surface area (Å²) in [6.07, 6.45) is 2.85. The number of nitrogens with one attached hydrogen (secondary N) is 1. The fraction of sp³-hybridized carbons (Fsp3) is 0.750. The van der Waals surface area contributed by atoms with Crippen molar-refractivity contribution in [2.45, 2.75) is 32.9 Å². The molecule has 0 spiro atoms. The summed E-state index contributed by atoms with van der Waals surface area (Å²) in [5.41, 5.74) is 1.03. The first-order chi connectivity index (χ1) is 7.75. The van der Waals surface area contributed by atoms with Crippen LogP contribution >= 0.6 is 0 Å². The first-order valence-electron chi connectivity index (χ1n) is 6.10. The lowest BCUT2D eigenvalue weighted by Crippen LogP contribution is -2.41. The molecule has 1 fully saturated rings. The van der Waals surface area contributed by atoms with Crippen LogP contribution in [0.4, 0.5) is 0 Å². The van der Waals surface area contributed by atoms with Crippen LogP contribution in [0.15, 0.2) is 16.9 Å². The van der Waals surface area contributed by atoms with Crippen molar-refractivity contribution in [3.05, 3.63) is 18.0 Å². The third-order valence-electron chi connectivity index (χ3n) is 3.19. The average molecular weight is 223 g/mol. The third kappa shape index (κ3) is 3.06. The summed E-state index contributed by atoms with van der Waals surface area (Å²) in [6.45, 7) is 8.82. The molecule has 0 amide bonds. The molecule has 1 atom stereocenters. The first-order valence-corrected chi connectivity index (χ1v) is 6.10. The van der Waals surface area contributed by atoms with Crippen molar-refractivity contribution in [1.29, 1.82) is 0 Å². The summed E-state index contributed by atoms with van der Waals surface area (Å²) in [5.74, 6) is 0.679. The van der Waals surface area contributed by atoms with Crippen LogP contribution in [0.25, 0.3) is 0 Å². The lowest BCUT2D eigenvalue weighted by Gasteiger charge is -2.25.